The second-order valence-corrected chi connectivity index (χ2v) is 7.20. The highest BCUT2D eigenvalue weighted by Crippen LogP contribution is 2.21. The largest absolute Gasteiger partial charge is 0.368 e. The first-order valence-corrected chi connectivity index (χ1v) is 7.73. The monoisotopic (exact) mass is 348 g/mol. The maximum atomic E-state index is 12.1. The van der Waals surface area contributed by atoms with Crippen molar-refractivity contribution in [2.45, 2.75) is 58.5 Å². The highest BCUT2D eigenvalue weighted by atomic mass is 35.5. The lowest BCUT2D eigenvalue weighted by atomic mass is 9.87. The number of hydrogen-bond donors (Lipinski definition) is 4. The smallest absolute Gasteiger partial charge is 0.240 e. The van der Waals surface area contributed by atoms with E-state index in [2.05, 4.69) is 10.6 Å². The van der Waals surface area contributed by atoms with Crippen molar-refractivity contribution in [2.75, 3.05) is 6.54 Å². The number of rotatable bonds is 6. The van der Waals surface area contributed by atoms with E-state index in [9.17, 15) is 14.4 Å². The molecular weight excluding hydrogens is 320 g/mol. The van der Waals surface area contributed by atoms with Crippen LogP contribution in [0.2, 0.25) is 0 Å². The Kier molecular flexibility index (Phi) is 8.55. The second kappa shape index (κ2) is 9.08. The van der Waals surface area contributed by atoms with E-state index in [0.29, 0.717) is 19.4 Å². The molecule has 3 atom stereocenters. The SMILES string of the molecule is CC(C)(C)C[C@H](N)C(=O)N[C@@H](C[C@@H]1CCCNC1=O)C(N)=O.Cl. The molecule has 0 aromatic rings. The van der Waals surface area contributed by atoms with Gasteiger partial charge in [0.15, 0.2) is 0 Å². The van der Waals surface area contributed by atoms with Crippen LogP contribution < -0.4 is 22.1 Å². The summed E-state index contributed by atoms with van der Waals surface area (Å²) in [6.07, 6.45) is 2.27. The van der Waals surface area contributed by atoms with Crippen molar-refractivity contribution >= 4 is 30.1 Å². The minimum absolute atomic E-state index is 0. The number of carbonyl (C=O) groups is 3. The average molecular weight is 349 g/mol. The van der Waals surface area contributed by atoms with E-state index in [0.717, 1.165) is 6.42 Å². The van der Waals surface area contributed by atoms with Crippen LogP contribution in [-0.2, 0) is 14.4 Å². The molecule has 0 unspecified atom stereocenters. The molecule has 0 radical (unpaired) electrons. The zero-order valence-corrected chi connectivity index (χ0v) is 14.9. The first-order valence-electron chi connectivity index (χ1n) is 7.73. The normalized spacial score (nSPS) is 20.7. The summed E-state index contributed by atoms with van der Waals surface area (Å²) in [6, 6.07) is -1.57. The summed E-state index contributed by atoms with van der Waals surface area (Å²) in [4.78, 5) is 35.4. The number of primary amides is 1. The second-order valence-electron chi connectivity index (χ2n) is 7.20. The lowest BCUT2D eigenvalue weighted by Crippen LogP contribution is -2.53. The molecule has 3 amide bonds. The topological polar surface area (TPSA) is 127 Å². The molecule has 1 saturated heterocycles. The van der Waals surface area contributed by atoms with Gasteiger partial charge in [0.1, 0.15) is 6.04 Å². The van der Waals surface area contributed by atoms with E-state index in [1.54, 1.807) is 0 Å². The van der Waals surface area contributed by atoms with Gasteiger partial charge in [-0.3, -0.25) is 14.4 Å². The van der Waals surface area contributed by atoms with Gasteiger partial charge in [0.25, 0.3) is 0 Å². The van der Waals surface area contributed by atoms with E-state index in [4.69, 9.17) is 11.5 Å². The fourth-order valence-electron chi connectivity index (χ4n) is 2.62. The molecule has 0 bridgehead atoms. The predicted molar refractivity (Wildman–Crippen MR) is 90.8 cm³/mol. The van der Waals surface area contributed by atoms with E-state index < -0.39 is 23.9 Å². The minimum atomic E-state index is -0.868. The first-order chi connectivity index (χ1) is 10.1. The molecule has 6 N–H and O–H groups in total. The molecule has 0 aromatic carbocycles. The van der Waals surface area contributed by atoms with Gasteiger partial charge in [-0.1, -0.05) is 20.8 Å². The molecule has 1 heterocycles. The molecule has 1 aliphatic heterocycles. The molecule has 0 aliphatic carbocycles. The summed E-state index contributed by atoms with van der Waals surface area (Å²) in [5, 5.41) is 5.34. The number of halogens is 1. The van der Waals surface area contributed by atoms with Gasteiger partial charge in [0.2, 0.25) is 17.7 Å². The van der Waals surface area contributed by atoms with Crippen LogP contribution >= 0.6 is 12.4 Å². The molecule has 23 heavy (non-hydrogen) atoms. The van der Waals surface area contributed by atoms with Crippen molar-refractivity contribution in [1.29, 1.82) is 0 Å². The van der Waals surface area contributed by atoms with Crippen molar-refractivity contribution in [3.05, 3.63) is 0 Å². The molecule has 0 saturated carbocycles. The number of piperidine rings is 1. The van der Waals surface area contributed by atoms with Gasteiger partial charge in [0, 0.05) is 12.5 Å². The van der Waals surface area contributed by atoms with Crippen LogP contribution in [-0.4, -0.2) is 36.3 Å². The van der Waals surface area contributed by atoms with Crippen LogP contribution in [0.5, 0.6) is 0 Å². The fraction of sp³-hybridized carbons (Fsp3) is 0.800. The summed E-state index contributed by atoms with van der Waals surface area (Å²) < 4.78 is 0. The Morgan fingerprint density at radius 3 is 2.48 bits per heavy atom. The Morgan fingerprint density at radius 2 is 2.00 bits per heavy atom. The summed E-state index contributed by atoms with van der Waals surface area (Å²) in [6.45, 7) is 6.60. The summed E-state index contributed by atoms with van der Waals surface area (Å²) >= 11 is 0. The highest BCUT2D eigenvalue weighted by molar-refractivity contribution is 5.89. The third kappa shape index (κ3) is 7.65. The lowest BCUT2D eigenvalue weighted by Gasteiger charge is -2.27. The molecule has 7 nitrogen and oxygen atoms in total. The number of carbonyl (C=O) groups excluding carboxylic acids is 3. The van der Waals surface area contributed by atoms with Gasteiger partial charge in [-0.25, -0.2) is 0 Å². The summed E-state index contributed by atoms with van der Waals surface area (Å²) in [7, 11) is 0. The van der Waals surface area contributed by atoms with Crippen LogP contribution in [0.25, 0.3) is 0 Å². The molecular formula is C15H29ClN4O3. The van der Waals surface area contributed by atoms with Crippen LogP contribution in [0.4, 0.5) is 0 Å². The molecule has 1 aliphatic rings. The Hall–Kier alpha value is -1.34. The standard InChI is InChI=1S/C15H28N4O3.ClH/c1-15(2,3)8-10(16)14(22)19-11(12(17)20)7-9-5-4-6-18-13(9)21;/h9-11H,4-8,16H2,1-3H3,(H2,17,20)(H,18,21)(H,19,22);1H/t9-,10-,11-;/m0./s1. The van der Waals surface area contributed by atoms with E-state index in [-0.39, 0.29) is 36.1 Å². The van der Waals surface area contributed by atoms with Crippen LogP contribution in [0.15, 0.2) is 0 Å². The van der Waals surface area contributed by atoms with Crippen molar-refractivity contribution in [2.24, 2.45) is 22.8 Å². The third-order valence-electron chi connectivity index (χ3n) is 3.75. The summed E-state index contributed by atoms with van der Waals surface area (Å²) in [5.41, 5.74) is 11.1. The third-order valence-corrected chi connectivity index (χ3v) is 3.75. The van der Waals surface area contributed by atoms with Gasteiger partial charge in [0.05, 0.1) is 6.04 Å². The van der Waals surface area contributed by atoms with Crippen LogP contribution in [0, 0.1) is 11.3 Å². The molecule has 134 valence electrons. The highest BCUT2D eigenvalue weighted by Gasteiger charge is 2.30. The van der Waals surface area contributed by atoms with E-state index >= 15 is 0 Å². The predicted octanol–water partition coefficient (Wildman–Crippen LogP) is 0.0581. The van der Waals surface area contributed by atoms with Gasteiger partial charge in [-0.15, -0.1) is 12.4 Å². The number of nitrogens with two attached hydrogens (primary N) is 2. The molecule has 0 aromatic heterocycles. The molecule has 8 heteroatoms. The minimum Gasteiger partial charge on any atom is -0.368 e. The van der Waals surface area contributed by atoms with Gasteiger partial charge >= 0.3 is 0 Å². The van der Waals surface area contributed by atoms with Crippen molar-refractivity contribution < 1.29 is 14.4 Å². The van der Waals surface area contributed by atoms with E-state index in [1.807, 2.05) is 20.8 Å². The lowest BCUT2D eigenvalue weighted by molar-refractivity contribution is -0.131. The molecule has 1 rings (SSSR count). The quantitative estimate of drug-likeness (QED) is 0.541. The van der Waals surface area contributed by atoms with Crippen LogP contribution in [0.1, 0.15) is 46.5 Å². The maximum absolute atomic E-state index is 12.1. The van der Waals surface area contributed by atoms with Crippen molar-refractivity contribution in [3.8, 4) is 0 Å². The molecule has 1 fully saturated rings. The fourth-order valence-corrected chi connectivity index (χ4v) is 2.62. The zero-order valence-electron chi connectivity index (χ0n) is 14.1. The number of nitrogens with one attached hydrogen (secondary N) is 2. The average Bonchev–Trinajstić information content (AvgIpc) is 2.38. The Bertz CT molecular complexity index is 437. The van der Waals surface area contributed by atoms with Gasteiger partial charge < -0.3 is 22.1 Å². The maximum Gasteiger partial charge on any atom is 0.240 e. The summed E-state index contributed by atoms with van der Waals surface area (Å²) in [5.74, 6) is -1.44. The van der Waals surface area contributed by atoms with Crippen LogP contribution in [0.3, 0.4) is 0 Å². The Morgan fingerprint density at radius 1 is 1.39 bits per heavy atom. The van der Waals surface area contributed by atoms with Crippen molar-refractivity contribution in [3.63, 3.8) is 0 Å². The van der Waals surface area contributed by atoms with Gasteiger partial charge in [-0.05, 0) is 31.1 Å². The Balaban J connectivity index is 0.00000484. The first kappa shape index (κ1) is 21.7. The van der Waals surface area contributed by atoms with E-state index in [1.165, 1.54) is 0 Å². The van der Waals surface area contributed by atoms with Gasteiger partial charge in [-0.2, -0.15) is 0 Å². The Labute approximate surface area is 143 Å². The van der Waals surface area contributed by atoms with Crippen molar-refractivity contribution in [1.82, 2.24) is 10.6 Å². The number of hydrogen-bond acceptors (Lipinski definition) is 4. The number of amides is 3. The molecule has 0 spiro atoms. The zero-order chi connectivity index (χ0) is 16.9.